The third kappa shape index (κ3) is 3.42. The number of benzene rings is 2. The Kier molecular flexibility index (Phi) is 4.77. The van der Waals surface area contributed by atoms with Gasteiger partial charge in [0.05, 0.1) is 10.6 Å². The molecule has 0 spiro atoms. The first kappa shape index (κ1) is 16.4. The van der Waals surface area contributed by atoms with Gasteiger partial charge >= 0.3 is 0 Å². The number of halogens is 1. The van der Waals surface area contributed by atoms with Crippen molar-refractivity contribution in [2.45, 2.75) is 17.9 Å². The summed E-state index contributed by atoms with van der Waals surface area (Å²) in [5.74, 6) is 2.13. The molecular formula is C16H14ClNO3S. The summed E-state index contributed by atoms with van der Waals surface area (Å²) in [6.45, 7) is 1.86. The van der Waals surface area contributed by atoms with E-state index in [-0.39, 0.29) is 21.2 Å². The van der Waals surface area contributed by atoms with E-state index in [1.165, 1.54) is 24.3 Å². The highest BCUT2D eigenvalue weighted by atomic mass is 35.5. The summed E-state index contributed by atoms with van der Waals surface area (Å²) < 4.78 is 27.2. The number of hydrogen-bond donors (Lipinski definition) is 2. The average Bonchev–Trinajstić information content (AvgIpc) is 2.47. The molecule has 0 fully saturated rings. The maximum atomic E-state index is 12.4. The molecule has 0 radical (unpaired) electrons. The third-order valence-corrected chi connectivity index (χ3v) is 4.77. The van der Waals surface area contributed by atoms with Crippen molar-refractivity contribution < 1.29 is 13.5 Å². The van der Waals surface area contributed by atoms with Crippen LogP contribution >= 0.6 is 11.6 Å². The molecule has 0 saturated heterocycles. The molecule has 22 heavy (non-hydrogen) atoms. The zero-order chi connectivity index (χ0) is 16.3. The van der Waals surface area contributed by atoms with Gasteiger partial charge in [-0.2, -0.15) is 0 Å². The maximum Gasteiger partial charge on any atom is 0.261 e. The summed E-state index contributed by atoms with van der Waals surface area (Å²) in [5.41, 5.74) is 1.26. The van der Waals surface area contributed by atoms with Gasteiger partial charge in [0, 0.05) is 10.6 Å². The molecule has 0 amide bonds. The summed E-state index contributed by atoms with van der Waals surface area (Å²) in [4.78, 5) is 0.110. The van der Waals surface area contributed by atoms with Crippen molar-refractivity contribution in [1.82, 2.24) is 0 Å². The van der Waals surface area contributed by atoms with E-state index in [1.54, 1.807) is 18.2 Å². The zero-order valence-corrected chi connectivity index (χ0v) is 13.3. The Hall–Kier alpha value is -2.00. The number of nitrogens with one attached hydrogen (secondary N) is 1. The number of sulfonamides is 1. The minimum absolute atomic E-state index is 0.110. The molecule has 0 aliphatic heterocycles. The average molecular weight is 336 g/mol. The van der Waals surface area contributed by atoms with Gasteiger partial charge in [-0.25, -0.2) is 8.42 Å². The van der Waals surface area contributed by atoms with Crippen LogP contribution < -0.4 is 4.72 Å². The van der Waals surface area contributed by atoms with Gasteiger partial charge in [-0.15, -0.1) is 6.42 Å². The normalized spacial score (nSPS) is 12.5. The maximum absolute atomic E-state index is 12.4. The Balaban J connectivity index is 2.45. The van der Waals surface area contributed by atoms with E-state index < -0.39 is 16.1 Å². The lowest BCUT2D eigenvalue weighted by molar-refractivity contribution is 0.239. The Bertz CT molecular complexity index is 823. The summed E-state index contributed by atoms with van der Waals surface area (Å²) in [5, 5.41) is 10.0. The fourth-order valence-corrected chi connectivity index (χ4v) is 3.27. The van der Waals surface area contributed by atoms with E-state index in [2.05, 4.69) is 10.6 Å². The number of anilines is 1. The van der Waals surface area contributed by atoms with Crippen LogP contribution in [-0.4, -0.2) is 13.5 Å². The Morgan fingerprint density at radius 2 is 1.86 bits per heavy atom. The molecule has 0 aliphatic carbocycles. The van der Waals surface area contributed by atoms with Gasteiger partial charge in [-0.05, 0) is 31.2 Å². The van der Waals surface area contributed by atoms with E-state index >= 15 is 0 Å². The first-order valence-electron chi connectivity index (χ1n) is 6.37. The van der Waals surface area contributed by atoms with Crippen molar-refractivity contribution in [3.05, 3.63) is 58.6 Å². The first-order valence-corrected chi connectivity index (χ1v) is 8.23. The van der Waals surface area contributed by atoms with Gasteiger partial charge in [0.2, 0.25) is 0 Å². The second-order valence-corrected chi connectivity index (χ2v) is 6.78. The molecule has 2 N–H and O–H groups in total. The molecule has 1 unspecified atom stereocenters. The van der Waals surface area contributed by atoms with Gasteiger partial charge in [0.25, 0.3) is 10.0 Å². The number of aryl methyl sites for hydroxylation is 1. The fraction of sp³-hybridized carbons (Fsp3) is 0.125. The van der Waals surface area contributed by atoms with Crippen LogP contribution in [0.3, 0.4) is 0 Å². The summed E-state index contributed by atoms with van der Waals surface area (Å²) in [7, 11) is -3.80. The van der Waals surface area contributed by atoms with Crippen molar-refractivity contribution in [2.24, 2.45) is 0 Å². The Morgan fingerprint density at radius 3 is 2.45 bits per heavy atom. The minimum Gasteiger partial charge on any atom is -0.376 e. The van der Waals surface area contributed by atoms with Crippen LogP contribution in [0, 0.1) is 19.3 Å². The van der Waals surface area contributed by atoms with Gasteiger partial charge in [0.15, 0.2) is 0 Å². The molecule has 4 nitrogen and oxygen atoms in total. The van der Waals surface area contributed by atoms with E-state index in [1.807, 2.05) is 6.92 Å². The van der Waals surface area contributed by atoms with Crippen LogP contribution in [0.1, 0.15) is 17.2 Å². The van der Waals surface area contributed by atoms with Crippen LogP contribution in [0.5, 0.6) is 0 Å². The molecule has 0 aromatic heterocycles. The highest BCUT2D eigenvalue weighted by molar-refractivity contribution is 7.92. The minimum atomic E-state index is -3.80. The molecule has 0 bridgehead atoms. The third-order valence-electron chi connectivity index (χ3n) is 3.06. The largest absolute Gasteiger partial charge is 0.376 e. The molecule has 2 aromatic carbocycles. The number of terminal acetylenes is 1. The topological polar surface area (TPSA) is 66.4 Å². The lowest BCUT2D eigenvalue weighted by Crippen LogP contribution is -2.15. The smallest absolute Gasteiger partial charge is 0.261 e. The molecule has 2 aromatic rings. The van der Waals surface area contributed by atoms with Crippen LogP contribution in [0.15, 0.2) is 47.4 Å². The monoisotopic (exact) mass is 335 g/mol. The summed E-state index contributed by atoms with van der Waals surface area (Å²) >= 11 is 6.01. The standard InChI is InChI=1S/C16H14ClNO3S/c1-3-15(19)16-13(17)5-4-6-14(16)18-22(20,21)12-9-7-11(2)8-10-12/h1,4-10,15,18-19H,2H3. The number of rotatable bonds is 4. The van der Waals surface area contributed by atoms with E-state index in [9.17, 15) is 13.5 Å². The quantitative estimate of drug-likeness (QED) is 0.844. The van der Waals surface area contributed by atoms with Crippen LogP contribution in [0.25, 0.3) is 0 Å². The van der Waals surface area contributed by atoms with Crippen molar-refractivity contribution in [3.63, 3.8) is 0 Å². The second kappa shape index (κ2) is 6.41. The Labute approximate surface area is 134 Å². The Morgan fingerprint density at radius 1 is 1.23 bits per heavy atom. The lowest BCUT2D eigenvalue weighted by Gasteiger charge is -2.15. The summed E-state index contributed by atoms with van der Waals surface area (Å²) in [6, 6.07) is 11.0. The number of aliphatic hydroxyl groups is 1. The molecular weight excluding hydrogens is 322 g/mol. The van der Waals surface area contributed by atoms with E-state index in [0.29, 0.717) is 0 Å². The summed E-state index contributed by atoms with van der Waals surface area (Å²) in [6.07, 6.45) is 3.90. The van der Waals surface area contributed by atoms with Crippen molar-refractivity contribution in [2.75, 3.05) is 4.72 Å². The van der Waals surface area contributed by atoms with Crippen molar-refractivity contribution in [3.8, 4) is 12.3 Å². The van der Waals surface area contributed by atoms with Gasteiger partial charge in [-0.3, -0.25) is 4.72 Å². The van der Waals surface area contributed by atoms with Gasteiger partial charge in [-0.1, -0.05) is 41.3 Å². The molecule has 6 heteroatoms. The molecule has 0 saturated carbocycles. The number of aliphatic hydroxyl groups excluding tert-OH is 1. The predicted molar refractivity (Wildman–Crippen MR) is 87.2 cm³/mol. The molecule has 114 valence electrons. The van der Waals surface area contributed by atoms with Gasteiger partial charge < -0.3 is 5.11 Å². The van der Waals surface area contributed by atoms with Crippen LogP contribution in [-0.2, 0) is 10.0 Å². The van der Waals surface area contributed by atoms with E-state index in [0.717, 1.165) is 5.56 Å². The lowest BCUT2D eigenvalue weighted by atomic mass is 10.1. The van der Waals surface area contributed by atoms with Crippen molar-refractivity contribution in [1.29, 1.82) is 0 Å². The highest BCUT2D eigenvalue weighted by Crippen LogP contribution is 2.31. The van der Waals surface area contributed by atoms with E-state index in [4.69, 9.17) is 18.0 Å². The fourth-order valence-electron chi connectivity index (χ4n) is 1.91. The number of hydrogen-bond acceptors (Lipinski definition) is 3. The SMILES string of the molecule is C#CC(O)c1c(Cl)cccc1NS(=O)(=O)c1ccc(C)cc1. The zero-order valence-electron chi connectivity index (χ0n) is 11.7. The van der Waals surface area contributed by atoms with Crippen LogP contribution in [0.4, 0.5) is 5.69 Å². The predicted octanol–water partition coefficient (Wildman–Crippen LogP) is 3.12. The first-order chi connectivity index (χ1) is 10.3. The molecule has 0 aliphatic rings. The van der Waals surface area contributed by atoms with Crippen LogP contribution in [0.2, 0.25) is 5.02 Å². The molecule has 2 rings (SSSR count). The highest BCUT2D eigenvalue weighted by Gasteiger charge is 2.20. The second-order valence-electron chi connectivity index (χ2n) is 4.69. The molecule has 0 heterocycles. The van der Waals surface area contributed by atoms with Crippen molar-refractivity contribution >= 4 is 27.3 Å². The van der Waals surface area contributed by atoms with Gasteiger partial charge in [0.1, 0.15) is 6.10 Å². The molecule has 1 atom stereocenters.